The first-order chi connectivity index (χ1) is 9.40. The average molecular weight is 272 g/mol. The zero-order chi connectivity index (χ0) is 15.1. The van der Waals surface area contributed by atoms with Gasteiger partial charge in [0, 0.05) is 5.56 Å². The Bertz CT molecular complexity index is 528. The smallest absolute Gasteiger partial charge is 0.159 e. The van der Waals surface area contributed by atoms with Crippen molar-refractivity contribution in [3.05, 3.63) is 52.6 Å². The molecule has 0 aliphatic rings. The number of Topliss-reactive ketones (excluding diaryl/α,β-unsaturated/α-hetero) is 1. The number of hydrogen-bond donors (Lipinski definition) is 0. The van der Waals surface area contributed by atoms with Crippen LogP contribution in [0.15, 0.2) is 41.5 Å². The zero-order valence-electron chi connectivity index (χ0n) is 13.1. The number of ketones is 1. The Labute approximate surface area is 122 Å². The van der Waals surface area contributed by atoms with E-state index >= 15 is 0 Å². The molecule has 2 nitrogen and oxygen atoms in total. The monoisotopic (exact) mass is 272 g/mol. The highest BCUT2D eigenvalue weighted by Gasteiger charge is 2.07. The minimum absolute atomic E-state index is 0.0827. The van der Waals surface area contributed by atoms with E-state index in [0.717, 1.165) is 23.3 Å². The lowest BCUT2D eigenvalue weighted by molar-refractivity contribution is 0.101. The summed E-state index contributed by atoms with van der Waals surface area (Å²) in [6, 6.07) is 5.65. The molecule has 2 heteroatoms. The van der Waals surface area contributed by atoms with E-state index < -0.39 is 0 Å². The summed E-state index contributed by atoms with van der Waals surface area (Å²) < 4.78 is 5.80. The Morgan fingerprint density at radius 1 is 1.05 bits per heavy atom. The number of allylic oxidation sites excluding steroid dienone is 3. The molecule has 0 saturated heterocycles. The third-order valence-electron chi connectivity index (χ3n) is 2.93. The van der Waals surface area contributed by atoms with Gasteiger partial charge in [0.1, 0.15) is 12.4 Å². The van der Waals surface area contributed by atoms with Crippen LogP contribution < -0.4 is 4.74 Å². The topological polar surface area (TPSA) is 26.3 Å². The Balaban J connectivity index is 2.99. The highest BCUT2D eigenvalue weighted by molar-refractivity contribution is 5.94. The summed E-state index contributed by atoms with van der Waals surface area (Å²) in [4.78, 5) is 11.5. The Kier molecular flexibility index (Phi) is 6.23. The third-order valence-corrected chi connectivity index (χ3v) is 2.93. The second kappa shape index (κ2) is 7.68. The number of rotatable bonds is 6. The van der Waals surface area contributed by atoms with E-state index in [1.807, 2.05) is 38.1 Å². The van der Waals surface area contributed by atoms with E-state index in [1.165, 1.54) is 11.1 Å². The first kappa shape index (κ1) is 16.2. The predicted molar refractivity (Wildman–Crippen MR) is 84.5 cm³/mol. The highest BCUT2D eigenvalue weighted by atomic mass is 16.5. The van der Waals surface area contributed by atoms with Crippen LogP contribution in [0.25, 0.3) is 0 Å². The summed E-state index contributed by atoms with van der Waals surface area (Å²) in [6.07, 6.45) is 4.98. The molecule has 0 aliphatic carbocycles. The second-order valence-electron chi connectivity index (χ2n) is 5.46. The number of ether oxygens (including phenoxy) is 1. The van der Waals surface area contributed by atoms with Gasteiger partial charge >= 0.3 is 0 Å². The van der Waals surface area contributed by atoms with Crippen LogP contribution in [-0.2, 0) is 6.42 Å². The molecule has 0 atom stereocenters. The zero-order valence-corrected chi connectivity index (χ0v) is 13.1. The summed E-state index contributed by atoms with van der Waals surface area (Å²) >= 11 is 0. The maximum Gasteiger partial charge on any atom is 0.159 e. The first-order valence-electron chi connectivity index (χ1n) is 6.93. The van der Waals surface area contributed by atoms with Gasteiger partial charge in [-0.3, -0.25) is 4.79 Å². The minimum atomic E-state index is 0.0827. The molecular formula is C18H24O2. The summed E-state index contributed by atoms with van der Waals surface area (Å²) in [7, 11) is 0. The van der Waals surface area contributed by atoms with E-state index in [4.69, 9.17) is 4.74 Å². The molecule has 0 spiro atoms. The fraction of sp³-hybridized carbons (Fsp3) is 0.389. The van der Waals surface area contributed by atoms with Gasteiger partial charge in [-0.05, 0) is 70.9 Å². The van der Waals surface area contributed by atoms with Crippen molar-refractivity contribution in [1.29, 1.82) is 0 Å². The molecular weight excluding hydrogens is 248 g/mol. The SMILES string of the molecule is CC(=O)c1ccc(OCC=C(C)C)c(CC=C(C)C)c1. The van der Waals surface area contributed by atoms with Crippen LogP contribution in [0, 0.1) is 0 Å². The molecule has 0 fully saturated rings. The summed E-state index contributed by atoms with van der Waals surface area (Å²) in [5, 5.41) is 0. The molecule has 0 N–H and O–H groups in total. The molecule has 0 amide bonds. The van der Waals surface area contributed by atoms with Crippen LogP contribution in [0.5, 0.6) is 5.75 Å². The maximum atomic E-state index is 11.5. The standard InChI is InChI=1S/C18H24O2/c1-13(2)6-7-17-12-16(15(5)19)8-9-18(17)20-11-10-14(3)4/h6,8-10,12H,7,11H2,1-5H3. The number of hydrogen-bond acceptors (Lipinski definition) is 2. The molecule has 0 aliphatic heterocycles. The molecule has 20 heavy (non-hydrogen) atoms. The second-order valence-corrected chi connectivity index (χ2v) is 5.46. The van der Waals surface area contributed by atoms with Crippen molar-refractivity contribution in [3.63, 3.8) is 0 Å². The summed E-state index contributed by atoms with van der Waals surface area (Å²) in [5.41, 5.74) is 4.28. The van der Waals surface area contributed by atoms with E-state index in [-0.39, 0.29) is 5.78 Å². The summed E-state index contributed by atoms with van der Waals surface area (Å²) in [5.74, 6) is 0.935. The number of carbonyl (C=O) groups excluding carboxylic acids is 1. The average Bonchev–Trinajstić information content (AvgIpc) is 2.36. The summed E-state index contributed by atoms with van der Waals surface area (Å²) in [6.45, 7) is 10.4. The van der Waals surface area contributed by atoms with E-state index in [0.29, 0.717) is 6.61 Å². The lowest BCUT2D eigenvalue weighted by Gasteiger charge is -2.11. The fourth-order valence-corrected chi connectivity index (χ4v) is 1.71. The predicted octanol–water partition coefficient (Wildman–Crippen LogP) is 4.74. The van der Waals surface area contributed by atoms with Gasteiger partial charge < -0.3 is 4.74 Å². The molecule has 0 heterocycles. The van der Waals surface area contributed by atoms with Crippen LogP contribution in [0.3, 0.4) is 0 Å². The Morgan fingerprint density at radius 3 is 2.25 bits per heavy atom. The van der Waals surface area contributed by atoms with E-state index in [1.54, 1.807) is 6.92 Å². The van der Waals surface area contributed by atoms with Crippen molar-refractivity contribution in [2.24, 2.45) is 0 Å². The van der Waals surface area contributed by atoms with Crippen molar-refractivity contribution >= 4 is 5.78 Å². The van der Waals surface area contributed by atoms with Gasteiger partial charge in [0.15, 0.2) is 5.78 Å². The molecule has 0 aromatic heterocycles. The Hall–Kier alpha value is -1.83. The largest absolute Gasteiger partial charge is 0.489 e. The fourth-order valence-electron chi connectivity index (χ4n) is 1.71. The molecule has 1 aromatic rings. The molecule has 0 radical (unpaired) electrons. The molecule has 0 saturated carbocycles. The molecule has 0 bridgehead atoms. The van der Waals surface area contributed by atoms with Crippen LogP contribution in [0.2, 0.25) is 0 Å². The number of carbonyl (C=O) groups is 1. The number of benzene rings is 1. The Morgan fingerprint density at radius 2 is 1.70 bits per heavy atom. The third kappa shape index (κ3) is 5.43. The van der Waals surface area contributed by atoms with Gasteiger partial charge in [0.25, 0.3) is 0 Å². The van der Waals surface area contributed by atoms with E-state index in [9.17, 15) is 4.79 Å². The van der Waals surface area contributed by atoms with Gasteiger partial charge in [-0.2, -0.15) is 0 Å². The quantitative estimate of drug-likeness (QED) is 0.552. The molecule has 1 aromatic carbocycles. The van der Waals surface area contributed by atoms with Crippen molar-refractivity contribution in [2.45, 2.75) is 41.0 Å². The van der Waals surface area contributed by atoms with Crippen molar-refractivity contribution in [3.8, 4) is 5.75 Å². The van der Waals surface area contributed by atoms with Crippen LogP contribution >= 0.6 is 0 Å². The van der Waals surface area contributed by atoms with Crippen molar-refractivity contribution in [2.75, 3.05) is 6.61 Å². The van der Waals surface area contributed by atoms with Crippen molar-refractivity contribution in [1.82, 2.24) is 0 Å². The van der Waals surface area contributed by atoms with Crippen LogP contribution in [0.4, 0.5) is 0 Å². The van der Waals surface area contributed by atoms with Crippen LogP contribution in [0.1, 0.15) is 50.5 Å². The molecule has 1 rings (SSSR count). The van der Waals surface area contributed by atoms with Gasteiger partial charge in [-0.15, -0.1) is 0 Å². The highest BCUT2D eigenvalue weighted by Crippen LogP contribution is 2.22. The molecule has 0 unspecified atom stereocenters. The molecule has 108 valence electrons. The lowest BCUT2D eigenvalue weighted by atomic mass is 10.0. The van der Waals surface area contributed by atoms with E-state index in [2.05, 4.69) is 19.9 Å². The maximum absolute atomic E-state index is 11.5. The van der Waals surface area contributed by atoms with Crippen molar-refractivity contribution < 1.29 is 9.53 Å². The van der Waals surface area contributed by atoms with Crippen LogP contribution in [-0.4, -0.2) is 12.4 Å². The lowest BCUT2D eigenvalue weighted by Crippen LogP contribution is -2.01. The van der Waals surface area contributed by atoms with Gasteiger partial charge in [0.05, 0.1) is 0 Å². The normalized spacial score (nSPS) is 9.85. The minimum Gasteiger partial charge on any atom is -0.489 e. The van der Waals surface area contributed by atoms with Gasteiger partial charge in [-0.1, -0.05) is 17.2 Å². The van der Waals surface area contributed by atoms with Gasteiger partial charge in [-0.25, -0.2) is 0 Å². The van der Waals surface area contributed by atoms with Gasteiger partial charge in [0.2, 0.25) is 0 Å². The first-order valence-corrected chi connectivity index (χ1v) is 6.93.